The van der Waals surface area contributed by atoms with Crippen LogP contribution in [-0.4, -0.2) is 26.0 Å². The number of nitrogens with zero attached hydrogens (tertiary/aromatic N) is 1. The summed E-state index contributed by atoms with van der Waals surface area (Å²) in [5.41, 5.74) is 2.25. The topological polar surface area (TPSA) is 55.8 Å². The van der Waals surface area contributed by atoms with Crippen LogP contribution in [-0.2, 0) is 0 Å². The molecule has 0 aromatic heterocycles. The Balaban J connectivity index is 2.07. The number of aryl methyl sites for hydroxylation is 1. The lowest BCUT2D eigenvalue weighted by Crippen LogP contribution is -2.29. The molecule has 1 heterocycles. The molecule has 0 unspecified atom stereocenters. The summed E-state index contributed by atoms with van der Waals surface area (Å²) in [7, 11) is 3.04. The number of ether oxygens (including phenoxy) is 2. The number of amides is 2. The highest BCUT2D eigenvalue weighted by Gasteiger charge is 2.36. The second-order valence-electron chi connectivity index (χ2n) is 5.03. The van der Waals surface area contributed by atoms with Crippen LogP contribution in [0.1, 0.15) is 26.3 Å². The van der Waals surface area contributed by atoms with Crippen molar-refractivity contribution >= 4 is 17.5 Å². The zero-order chi connectivity index (χ0) is 15.9. The molecule has 1 aliphatic heterocycles. The van der Waals surface area contributed by atoms with Gasteiger partial charge in [-0.25, -0.2) is 4.90 Å². The van der Waals surface area contributed by atoms with Crippen molar-refractivity contribution in [2.45, 2.75) is 6.92 Å². The molecule has 2 aromatic rings. The second kappa shape index (κ2) is 5.18. The average molecular weight is 297 g/mol. The van der Waals surface area contributed by atoms with Crippen molar-refractivity contribution in [2.75, 3.05) is 19.1 Å². The molecule has 1 aliphatic rings. The number of fused-ring (bicyclic) bond motifs is 1. The summed E-state index contributed by atoms with van der Waals surface area (Å²) in [6.07, 6.45) is 0. The van der Waals surface area contributed by atoms with Gasteiger partial charge >= 0.3 is 0 Å². The first-order chi connectivity index (χ1) is 10.6. The van der Waals surface area contributed by atoms with E-state index < -0.39 is 0 Å². The van der Waals surface area contributed by atoms with E-state index in [2.05, 4.69) is 0 Å². The highest BCUT2D eigenvalue weighted by molar-refractivity contribution is 6.34. The zero-order valence-corrected chi connectivity index (χ0v) is 12.5. The summed E-state index contributed by atoms with van der Waals surface area (Å²) in [5, 5.41) is 0. The van der Waals surface area contributed by atoms with Crippen LogP contribution in [0.3, 0.4) is 0 Å². The van der Waals surface area contributed by atoms with Gasteiger partial charge in [-0.3, -0.25) is 9.59 Å². The van der Waals surface area contributed by atoms with Crippen molar-refractivity contribution in [3.63, 3.8) is 0 Å². The Morgan fingerprint density at radius 3 is 2.18 bits per heavy atom. The molecular formula is C17H15NO4. The average Bonchev–Trinajstić information content (AvgIpc) is 2.77. The lowest BCUT2D eigenvalue weighted by atomic mass is 10.1. The Labute approximate surface area is 128 Å². The first-order valence-corrected chi connectivity index (χ1v) is 6.78. The molecule has 0 bridgehead atoms. The maximum absolute atomic E-state index is 12.5. The molecule has 0 radical (unpaired) electrons. The standard InChI is InChI=1S/C17H15NO4/c1-10-4-6-12-13(8-10)17(20)18(16(12)19)11-5-7-14(21-2)15(9-11)22-3/h4-9H,1-3H3. The van der Waals surface area contributed by atoms with Crippen LogP contribution in [0.25, 0.3) is 0 Å². The van der Waals surface area contributed by atoms with Gasteiger partial charge in [-0.1, -0.05) is 11.6 Å². The monoisotopic (exact) mass is 297 g/mol. The predicted molar refractivity (Wildman–Crippen MR) is 81.9 cm³/mol. The summed E-state index contributed by atoms with van der Waals surface area (Å²) >= 11 is 0. The van der Waals surface area contributed by atoms with E-state index in [1.165, 1.54) is 14.2 Å². The number of carbonyl (C=O) groups excluding carboxylic acids is 2. The van der Waals surface area contributed by atoms with Crippen LogP contribution in [0.15, 0.2) is 36.4 Å². The van der Waals surface area contributed by atoms with Crippen LogP contribution in [0, 0.1) is 6.92 Å². The van der Waals surface area contributed by atoms with E-state index >= 15 is 0 Å². The fraction of sp³-hybridized carbons (Fsp3) is 0.176. The minimum atomic E-state index is -0.327. The number of anilines is 1. The number of rotatable bonds is 3. The third-order valence-corrected chi connectivity index (χ3v) is 3.67. The summed E-state index contributed by atoms with van der Waals surface area (Å²) in [6.45, 7) is 1.89. The molecule has 0 fully saturated rings. The third kappa shape index (κ3) is 2.02. The van der Waals surface area contributed by atoms with Gasteiger partial charge in [0.05, 0.1) is 31.0 Å². The molecule has 3 rings (SSSR count). The molecule has 2 amide bonds. The van der Waals surface area contributed by atoms with Gasteiger partial charge in [0.2, 0.25) is 0 Å². The maximum Gasteiger partial charge on any atom is 0.266 e. The maximum atomic E-state index is 12.5. The van der Waals surface area contributed by atoms with E-state index in [0.717, 1.165) is 10.5 Å². The first-order valence-electron chi connectivity index (χ1n) is 6.78. The summed E-state index contributed by atoms with van der Waals surface area (Å²) in [6, 6.07) is 10.2. The smallest absolute Gasteiger partial charge is 0.266 e. The van der Waals surface area contributed by atoms with E-state index in [9.17, 15) is 9.59 Å². The summed E-state index contributed by atoms with van der Waals surface area (Å²) < 4.78 is 10.4. The number of imide groups is 1. The van der Waals surface area contributed by atoms with Crippen LogP contribution in [0.5, 0.6) is 11.5 Å². The van der Waals surface area contributed by atoms with Crippen molar-refractivity contribution in [3.8, 4) is 11.5 Å². The van der Waals surface area contributed by atoms with Crippen LogP contribution < -0.4 is 14.4 Å². The Morgan fingerprint density at radius 1 is 0.818 bits per heavy atom. The lowest BCUT2D eigenvalue weighted by molar-refractivity contribution is 0.0926. The van der Waals surface area contributed by atoms with Gasteiger partial charge in [0.25, 0.3) is 11.8 Å². The molecule has 0 saturated carbocycles. The van der Waals surface area contributed by atoms with Gasteiger partial charge in [-0.2, -0.15) is 0 Å². The number of methoxy groups -OCH3 is 2. The van der Waals surface area contributed by atoms with Crippen molar-refractivity contribution in [2.24, 2.45) is 0 Å². The van der Waals surface area contributed by atoms with Gasteiger partial charge in [0.1, 0.15) is 0 Å². The number of benzene rings is 2. The summed E-state index contributed by atoms with van der Waals surface area (Å²) in [5.74, 6) is 0.356. The van der Waals surface area contributed by atoms with Crippen LogP contribution in [0.4, 0.5) is 5.69 Å². The van der Waals surface area contributed by atoms with Crippen molar-refractivity contribution < 1.29 is 19.1 Å². The van der Waals surface area contributed by atoms with Gasteiger partial charge in [0, 0.05) is 6.07 Å². The Morgan fingerprint density at radius 2 is 1.50 bits per heavy atom. The number of carbonyl (C=O) groups is 2. The van der Waals surface area contributed by atoms with E-state index in [-0.39, 0.29) is 11.8 Å². The van der Waals surface area contributed by atoms with Gasteiger partial charge in [-0.15, -0.1) is 0 Å². The van der Waals surface area contributed by atoms with Gasteiger partial charge in [-0.05, 0) is 31.2 Å². The lowest BCUT2D eigenvalue weighted by Gasteiger charge is -2.16. The van der Waals surface area contributed by atoms with Crippen LogP contribution in [0.2, 0.25) is 0 Å². The first kappa shape index (κ1) is 14.1. The molecule has 0 saturated heterocycles. The molecule has 0 aliphatic carbocycles. The SMILES string of the molecule is COc1ccc(N2C(=O)c3ccc(C)cc3C2=O)cc1OC. The Hall–Kier alpha value is -2.82. The van der Waals surface area contributed by atoms with E-state index in [1.54, 1.807) is 30.3 Å². The third-order valence-electron chi connectivity index (χ3n) is 3.67. The van der Waals surface area contributed by atoms with Crippen molar-refractivity contribution in [1.82, 2.24) is 0 Å². The highest BCUT2D eigenvalue weighted by atomic mass is 16.5. The largest absolute Gasteiger partial charge is 0.493 e. The molecule has 112 valence electrons. The fourth-order valence-corrected chi connectivity index (χ4v) is 2.55. The second-order valence-corrected chi connectivity index (χ2v) is 5.03. The fourth-order valence-electron chi connectivity index (χ4n) is 2.55. The zero-order valence-electron chi connectivity index (χ0n) is 12.5. The molecule has 5 heteroatoms. The molecule has 0 spiro atoms. The Bertz CT molecular complexity index is 782. The minimum Gasteiger partial charge on any atom is -0.493 e. The van der Waals surface area contributed by atoms with Crippen molar-refractivity contribution in [1.29, 1.82) is 0 Å². The van der Waals surface area contributed by atoms with Gasteiger partial charge < -0.3 is 9.47 Å². The van der Waals surface area contributed by atoms with E-state index in [1.807, 2.05) is 13.0 Å². The Kier molecular flexibility index (Phi) is 3.33. The minimum absolute atomic E-state index is 0.323. The normalized spacial score (nSPS) is 13.3. The van der Waals surface area contributed by atoms with Gasteiger partial charge in [0.15, 0.2) is 11.5 Å². The highest BCUT2D eigenvalue weighted by Crippen LogP contribution is 2.35. The van der Waals surface area contributed by atoms with Crippen molar-refractivity contribution in [3.05, 3.63) is 53.1 Å². The van der Waals surface area contributed by atoms with Crippen LogP contribution >= 0.6 is 0 Å². The molecular weight excluding hydrogens is 282 g/mol. The van der Waals surface area contributed by atoms with E-state index in [0.29, 0.717) is 28.3 Å². The molecule has 22 heavy (non-hydrogen) atoms. The quantitative estimate of drug-likeness (QED) is 0.817. The predicted octanol–water partition coefficient (Wildman–Crippen LogP) is 2.81. The molecule has 5 nitrogen and oxygen atoms in total. The number of hydrogen-bond donors (Lipinski definition) is 0. The molecule has 2 aromatic carbocycles. The summed E-state index contributed by atoms with van der Waals surface area (Å²) in [4.78, 5) is 26.2. The van der Waals surface area contributed by atoms with E-state index in [4.69, 9.17) is 9.47 Å². The number of hydrogen-bond acceptors (Lipinski definition) is 4. The molecule has 0 atom stereocenters. The molecule has 0 N–H and O–H groups in total.